The monoisotopic (exact) mass is 288 g/mol. The Hall–Kier alpha value is -2.94. The first kappa shape index (κ1) is 14.0. The lowest BCUT2D eigenvalue weighted by atomic mass is 9.85. The lowest BCUT2D eigenvalue weighted by molar-refractivity contribution is 1.23. The molecule has 0 spiro atoms. The van der Waals surface area contributed by atoms with Gasteiger partial charge in [0.15, 0.2) is 0 Å². The van der Waals surface area contributed by atoms with Crippen molar-refractivity contribution in [2.24, 2.45) is 0 Å². The highest BCUT2D eigenvalue weighted by molar-refractivity contribution is 5.61. The largest absolute Gasteiger partial charge is 0.399 e. The van der Waals surface area contributed by atoms with Gasteiger partial charge >= 0.3 is 0 Å². The average molecular weight is 288 g/mol. The third kappa shape index (κ3) is 2.88. The maximum absolute atomic E-state index is 5.80. The number of hydrogen-bond acceptors (Lipinski definition) is 3. The van der Waals surface area contributed by atoms with E-state index in [0.29, 0.717) is 0 Å². The van der Waals surface area contributed by atoms with E-state index in [2.05, 4.69) is 0 Å². The highest BCUT2D eigenvalue weighted by atomic mass is 14.5. The molecule has 3 rings (SSSR count). The summed E-state index contributed by atoms with van der Waals surface area (Å²) in [5, 5.41) is 0. The maximum atomic E-state index is 5.80. The van der Waals surface area contributed by atoms with Crippen LogP contribution in [0.25, 0.3) is 0 Å². The third-order valence-corrected chi connectivity index (χ3v) is 3.60. The number of hydrogen-bond donors (Lipinski definition) is 3. The van der Waals surface area contributed by atoms with Crippen LogP contribution in [0.4, 0.5) is 17.1 Å². The minimum absolute atomic E-state index is 0.748. The molecule has 0 aliphatic heterocycles. The Morgan fingerprint density at radius 1 is 0.409 bits per heavy atom. The molecule has 1 radical (unpaired) electrons. The summed E-state index contributed by atoms with van der Waals surface area (Å²) in [4.78, 5) is 0. The van der Waals surface area contributed by atoms with Crippen LogP contribution in [0, 0.1) is 5.92 Å². The molecule has 3 aromatic carbocycles. The van der Waals surface area contributed by atoms with E-state index >= 15 is 0 Å². The van der Waals surface area contributed by atoms with Crippen LogP contribution in [0.15, 0.2) is 72.8 Å². The SMILES string of the molecule is Nc1ccc([C](c2ccc(N)cc2)c2ccc(N)cc2)cc1. The molecule has 0 aromatic heterocycles. The molecule has 0 aliphatic rings. The number of benzene rings is 3. The van der Waals surface area contributed by atoms with Crippen molar-refractivity contribution in [2.45, 2.75) is 0 Å². The van der Waals surface area contributed by atoms with Crippen LogP contribution in [0.1, 0.15) is 16.7 Å². The first-order valence-corrected chi connectivity index (χ1v) is 7.08. The van der Waals surface area contributed by atoms with Gasteiger partial charge < -0.3 is 17.2 Å². The number of anilines is 3. The normalized spacial score (nSPS) is 10.8. The van der Waals surface area contributed by atoms with Crippen molar-refractivity contribution in [3.05, 3.63) is 95.4 Å². The summed E-state index contributed by atoms with van der Waals surface area (Å²) in [7, 11) is 0. The van der Waals surface area contributed by atoms with Crippen LogP contribution in [0.2, 0.25) is 0 Å². The number of rotatable bonds is 3. The molecule has 0 bridgehead atoms. The Kier molecular flexibility index (Phi) is 3.71. The van der Waals surface area contributed by atoms with Gasteiger partial charge in [-0.2, -0.15) is 0 Å². The summed E-state index contributed by atoms with van der Waals surface area (Å²) < 4.78 is 0. The lowest BCUT2D eigenvalue weighted by Gasteiger charge is -2.18. The van der Waals surface area contributed by atoms with E-state index in [1.165, 1.54) is 0 Å². The van der Waals surface area contributed by atoms with Crippen LogP contribution >= 0.6 is 0 Å². The highest BCUT2D eigenvalue weighted by Crippen LogP contribution is 2.32. The Bertz CT molecular complexity index is 636. The average Bonchev–Trinajstić information content (AvgIpc) is 2.53. The zero-order valence-electron chi connectivity index (χ0n) is 12.2. The Balaban J connectivity index is 2.10. The van der Waals surface area contributed by atoms with Crippen molar-refractivity contribution in [1.82, 2.24) is 0 Å². The molecule has 0 fully saturated rings. The molecule has 0 saturated carbocycles. The first-order valence-electron chi connectivity index (χ1n) is 7.08. The fraction of sp³-hybridized carbons (Fsp3) is 0. The fourth-order valence-corrected chi connectivity index (χ4v) is 2.45. The fourth-order valence-electron chi connectivity index (χ4n) is 2.45. The van der Waals surface area contributed by atoms with Gasteiger partial charge in [-0.3, -0.25) is 0 Å². The predicted molar refractivity (Wildman–Crippen MR) is 93.1 cm³/mol. The molecule has 0 heterocycles. The van der Waals surface area contributed by atoms with Crippen molar-refractivity contribution in [3.63, 3.8) is 0 Å². The molecule has 0 atom stereocenters. The van der Waals surface area contributed by atoms with E-state index in [0.717, 1.165) is 39.7 Å². The van der Waals surface area contributed by atoms with E-state index < -0.39 is 0 Å². The molecule has 0 amide bonds. The number of nitrogen functional groups attached to an aromatic ring is 3. The van der Waals surface area contributed by atoms with Gasteiger partial charge in [-0.15, -0.1) is 0 Å². The first-order chi connectivity index (χ1) is 10.6. The molecular formula is C19H18N3. The molecule has 3 heteroatoms. The second-order valence-electron chi connectivity index (χ2n) is 5.24. The zero-order chi connectivity index (χ0) is 15.5. The summed E-state index contributed by atoms with van der Waals surface area (Å²) in [6.45, 7) is 0. The minimum atomic E-state index is 0.748. The summed E-state index contributed by atoms with van der Waals surface area (Å²) in [5.41, 5.74) is 23.0. The van der Waals surface area contributed by atoms with Crippen LogP contribution in [-0.2, 0) is 0 Å². The summed E-state index contributed by atoms with van der Waals surface area (Å²) in [6, 6.07) is 23.6. The van der Waals surface area contributed by atoms with Gasteiger partial charge in [0.2, 0.25) is 0 Å². The van der Waals surface area contributed by atoms with Crippen molar-refractivity contribution in [3.8, 4) is 0 Å². The quantitative estimate of drug-likeness (QED) is 0.510. The molecule has 109 valence electrons. The van der Waals surface area contributed by atoms with Gasteiger partial charge in [-0.1, -0.05) is 36.4 Å². The number of nitrogens with two attached hydrogens (primary N) is 3. The standard InChI is InChI=1S/C19H18N3/c20-16-7-1-13(2-8-16)19(14-3-9-17(21)10-4-14)15-5-11-18(22)12-6-15/h1-12H,20-22H2. The molecule has 6 N–H and O–H groups in total. The second-order valence-corrected chi connectivity index (χ2v) is 5.24. The Morgan fingerprint density at radius 2 is 0.636 bits per heavy atom. The van der Waals surface area contributed by atoms with E-state index in [1.54, 1.807) is 0 Å². The van der Waals surface area contributed by atoms with Gasteiger partial charge in [-0.05, 0) is 53.1 Å². The summed E-state index contributed by atoms with van der Waals surface area (Å²) >= 11 is 0. The molecule has 22 heavy (non-hydrogen) atoms. The Morgan fingerprint density at radius 3 is 0.864 bits per heavy atom. The van der Waals surface area contributed by atoms with Gasteiger partial charge in [0.1, 0.15) is 0 Å². The summed E-state index contributed by atoms with van der Waals surface area (Å²) in [6.07, 6.45) is 0. The summed E-state index contributed by atoms with van der Waals surface area (Å²) in [5.74, 6) is 1.12. The Labute approximate surface area is 130 Å². The molecule has 0 aliphatic carbocycles. The van der Waals surface area contributed by atoms with Crippen molar-refractivity contribution < 1.29 is 0 Å². The zero-order valence-corrected chi connectivity index (χ0v) is 12.2. The lowest BCUT2D eigenvalue weighted by Crippen LogP contribution is -2.05. The third-order valence-electron chi connectivity index (χ3n) is 3.60. The van der Waals surface area contributed by atoms with Gasteiger partial charge in [0, 0.05) is 17.1 Å². The molecule has 3 aromatic rings. The predicted octanol–water partition coefficient (Wildman–Crippen LogP) is 3.45. The van der Waals surface area contributed by atoms with Gasteiger partial charge in [0.25, 0.3) is 0 Å². The van der Waals surface area contributed by atoms with Gasteiger partial charge in [0.05, 0.1) is 5.92 Å². The van der Waals surface area contributed by atoms with E-state index in [9.17, 15) is 0 Å². The molecule has 3 nitrogen and oxygen atoms in total. The van der Waals surface area contributed by atoms with E-state index in [-0.39, 0.29) is 0 Å². The van der Waals surface area contributed by atoms with Gasteiger partial charge in [-0.25, -0.2) is 0 Å². The van der Waals surface area contributed by atoms with E-state index in [4.69, 9.17) is 17.2 Å². The van der Waals surface area contributed by atoms with Crippen molar-refractivity contribution in [2.75, 3.05) is 17.2 Å². The topological polar surface area (TPSA) is 78.1 Å². The molecular weight excluding hydrogens is 270 g/mol. The molecule has 0 saturated heterocycles. The van der Waals surface area contributed by atoms with Crippen LogP contribution in [0.3, 0.4) is 0 Å². The van der Waals surface area contributed by atoms with Crippen molar-refractivity contribution in [1.29, 1.82) is 0 Å². The van der Waals surface area contributed by atoms with Crippen LogP contribution < -0.4 is 17.2 Å². The van der Waals surface area contributed by atoms with Crippen LogP contribution in [-0.4, -0.2) is 0 Å². The smallest absolute Gasteiger partial charge is 0.0629 e. The molecule has 0 unspecified atom stereocenters. The van der Waals surface area contributed by atoms with E-state index in [1.807, 2.05) is 72.8 Å². The van der Waals surface area contributed by atoms with Crippen LogP contribution in [0.5, 0.6) is 0 Å². The van der Waals surface area contributed by atoms with Crippen molar-refractivity contribution >= 4 is 17.1 Å². The highest BCUT2D eigenvalue weighted by Gasteiger charge is 2.17. The minimum Gasteiger partial charge on any atom is -0.399 e. The second kappa shape index (κ2) is 5.82. The maximum Gasteiger partial charge on any atom is 0.0629 e.